The van der Waals surface area contributed by atoms with Crippen LogP contribution in [0.4, 0.5) is 0 Å². The van der Waals surface area contributed by atoms with Crippen molar-refractivity contribution < 1.29 is 0 Å². The van der Waals surface area contributed by atoms with Gasteiger partial charge in [0.05, 0.1) is 0 Å². The standard InChI is InChI=1S/C24H46/c1-8-11-19(5)22(18(3)4)13-10-12-21-14-16-24(21)17-20(6)23(24,7)15-9-2/h18-22H,8-17H2,1-7H3. The Hall–Kier alpha value is 0. The molecular formula is C24H46. The van der Waals surface area contributed by atoms with Gasteiger partial charge in [-0.25, -0.2) is 0 Å². The molecule has 0 aromatic carbocycles. The van der Waals surface area contributed by atoms with E-state index in [1.807, 2.05) is 0 Å². The number of hydrogen-bond donors (Lipinski definition) is 0. The minimum absolute atomic E-state index is 0.664. The molecule has 0 aliphatic heterocycles. The van der Waals surface area contributed by atoms with Crippen molar-refractivity contribution in [1.29, 1.82) is 0 Å². The Labute approximate surface area is 153 Å². The molecule has 0 N–H and O–H groups in total. The molecule has 0 nitrogen and oxygen atoms in total. The van der Waals surface area contributed by atoms with Crippen LogP contribution in [0.15, 0.2) is 0 Å². The maximum absolute atomic E-state index is 2.64. The fraction of sp³-hybridized carbons (Fsp3) is 1.00. The Morgan fingerprint density at radius 1 is 1.04 bits per heavy atom. The third kappa shape index (κ3) is 3.45. The van der Waals surface area contributed by atoms with Crippen LogP contribution in [0.5, 0.6) is 0 Å². The van der Waals surface area contributed by atoms with Crippen LogP contribution < -0.4 is 0 Å². The molecule has 2 fully saturated rings. The zero-order chi connectivity index (χ0) is 18.0. The summed E-state index contributed by atoms with van der Waals surface area (Å²) in [6, 6.07) is 0. The summed E-state index contributed by atoms with van der Waals surface area (Å²) in [5.74, 6) is 4.74. The van der Waals surface area contributed by atoms with Gasteiger partial charge in [0.25, 0.3) is 0 Å². The predicted molar refractivity (Wildman–Crippen MR) is 108 cm³/mol. The van der Waals surface area contributed by atoms with Crippen molar-refractivity contribution in [2.75, 3.05) is 0 Å². The van der Waals surface area contributed by atoms with Crippen LogP contribution >= 0.6 is 0 Å². The molecule has 2 aliphatic rings. The van der Waals surface area contributed by atoms with Crippen molar-refractivity contribution in [3.63, 3.8) is 0 Å². The molecule has 6 unspecified atom stereocenters. The van der Waals surface area contributed by atoms with Gasteiger partial charge in [0.2, 0.25) is 0 Å². The van der Waals surface area contributed by atoms with Crippen molar-refractivity contribution in [3.05, 3.63) is 0 Å². The van der Waals surface area contributed by atoms with E-state index < -0.39 is 0 Å². The van der Waals surface area contributed by atoms with Crippen LogP contribution in [0.2, 0.25) is 0 Å². The zero-order valence-corrected chi connectivity index (χ0v) is 18.0. The molecule has 0 radical (unpaired) electrons. The van der Waals surface area contributed by atoms with Crippen molar-refractivity contribution in [3.8, 4) is 0 Å². The van der Waals surface area contributed by atoms with E-state index >= 15 is 0 Å². The highest BCUT2D eigenvalue weighted by Crippen LogP contribution is 2.74. The van der Waals surface area contributed by atoms with Crippen LogP contribution in [0.1, 0.15) is 113 Å². The van der Waals surface area contributed by atoms with Gasteiger partial charge in [0.15, 0.2) is 0 Å². The summed E-state index contributed by atoms with van der Waals surface area (Å²) >= 11 is 0. The van der Waals surface area contributed by atoms with Crippen LogP contribution in [0.25, 0.3) is 0 Å². The average molecular weight is 335 g/mol. The largest absolute Gasteiger partial charge is 0.0654 e. The molecule has 0 amide bonds. The summed E-state index contributed by atoms with van der Waals surface area (Å²) in [5.41, 5.74) is 1.42. The fourth-order valence-corrected chi connectivity index (χ4v) is 7.06. The second-order valence-corrected chi connectivity index (χ2v) is 10.3. The van der Waals surface area contributed by atoms with Gasteiger partial charge < -0.3 is 0 Å². The highest BCUT2D eigenvalue weighted by Gasteiger charge is 2.66. The van der Waals surface area contributed by atoms with E-state index in [1.165, 1.54) is 57.8 Å². The summed E-state index contributed by atoms with van der Waals surface area (Å²) < 4.78 is 0. The Morgan fingerprint density at radius 2 is 1.75 bits per heavy atom. The molecule has 0 aromatic heterocycles. The quantitative estimate of drug-likeness (QED) is 0.378. The Morgan fingerprint density at radius 3 is 2.21 bits per heavy atom. The van der Waals surface area contributed by atoms with Crippen molar-refractivity contribution >= 4 is 0 Å². The number of rotatable bonds is 10. The lowest BCUT2D eigenvalue weighted by Crippen LogP contribution is -2.63. The van der Waals surface area contributed by atoms with Gasteiger partial charge in [0, 0.05) is 0 Å². The monoisotopic (exact) mass is 334 g/mol. The predicted octanol–water partition coefficient (Wildman–Crippen LogP) is 8.11. The fourth-order valence-electron chi connectivity index (χ4n) is 7.06. The first kappa shape index (κ1) is 20.3. The van der Waals surface area contributed by atoms with Crippen LogP contribution in [0.3, 0.4) is 0 Å². The smallest absolute Gasteiger partial charge is 0.0210 e. The zero-order valence-electron chi connectivity index (χ0n) is 18.0. The van der Waals surface area contributed by atoms with Gasteiger partial charge in [-0.15, -0.1) is 0 Å². The van der Waals surface area contributed by atoms with Gasteiger partial charge in [-0.3, -0.25) is 0 Å². The molecular weight excluding hydrogens is 288 g/mol. The summed E-state index contributed by atoms with van der Waals surface area (Å²) in [7, 11) is 0. The minimum atomic E-state index is 0.664. The van der Waals surface area contributed by atoms with Gasteiger partial charge in [-0.2, -0.15) is 0 Å². The first-order chi connectivity index (χ1) is 11.3. The molecule has 0 saturated heterocycles. The first-order valence-corrected chi connectivity index (χ1v) is 11.3. The molecule has 6 atom stereocenters. The molecule has 0 aromatic rings. The van der Waals surface area contributed by atoms with E-state index in [0.29, 0.717) is 5.41 Å². The lowest BCUT2D eigenvalue weighted by atomic mass is 9.33. The van der Waals surface area contributed by atoms with Crippen molar-refractivity contribution in [2.45, 2.75) is 113 Å². The highest BCUT2D eigenvalue weighted by atomic mass is 14.7. The van der Waals surface area contributed by atoms with E-state index in [-0.39, 0.29) is 0 Å². The lowest BCUT2D eigenvalue weighted by Gasteiger charge is -2.71. The van der Waals surface area contributed by atoms with E-state index in [0.717, 1.165) is 35.0 Å². The second-order valence-electron chi connectivity index (χ2n) is 10.3. The van der Waals surface area contributed by atoms with Crippen molar-refractivity contribution in [2.24, 2.45) is 40.4 Å². The molecule has 142 valence electrons. The van der Waals surface area contributed by atoms with E-state index in [4.69, 9.17) is 0 Å². The molecule has 24 heavy (non-hydrogen) atoms. The summed E-state index contributed by atoms with van der Waals surface area (Å²) in [6.07, 6.45) is 14.7. The summed E-state index contributed by atoms with van der Waals surface area (Å²) in [6.45, 7) is 17.3. The van der Waals surface area contributed by atoms with Crippen LogP contribution in [-0.4, -0.2) is 0 Å². The average Bonchev–Trinajstić information content (AvgIpc) is 2.50. The molecule has 2 rings (SSSR count). The lowest BCUT2D eigenvalue weighted by molar-refractivity contribution is -0.224. The van der Waals surface area contributed by atoms with Gasteiger partial charge >= 0.3 is 0 Å². The third-order valence-corrected chi connectivity index (χ3v) is 8.81. The Kier molecular flexibility index (Phi) is 6.88. The molecule has 2 saturated carbocycles. The molecule has 2 aliphatic carbocycles. The van der Waals surface area contributed by atoms with E-state index in [1.54, 1.807) is 6.42 Å². The van der Waals surface area contributed by atoms with Gasteiger partial charge in [-0.1, -0.05) is 74.1 Å². The maximum Gasteiger partial charge on any atom is -0.0210 e. The normalized spacial score (nSPS) is 38.0. The Balaban J connectivity index is 1.86. The molecule has 0 heteroatoms. The molecule has 0 heterocycles. The molecule has 0 bridgehead atoms. The van der Waals surface area contributed by atoms with E-state index in [2.05, 4.69) is 48.5 Å². The third-order valence-electron chi connectivity index (χ3n) is 8.81. The van der Waals surface area contributed by atoms with Gasteiger partial charge in [-0.05, 0) is 78.9 Å². The van der Waals surface area contributed by atoms with E-state index in [9.17, 15) is 0 Å². The SMILES string of the molecule is CCCC(C)C(CCCC1CCC12CC(C)C2(C)CCC)C(C)C. The highest BCUT2D eigenvalue weighted by molar-refractivity contribution is 5.15. The Bertz CT molecular complexity index is 383. The van der Waals surface area contributed by atoms with Gasteiger partial charge in [0.1, 0.15) is 0 Å². The van der Waals surface area contributed by atoms with Crippen LogP contribution in [-0.2, 0) is 0 Å². The summed E-state index contributed by atoms with van der Waals surface area (Å²) in [4.78, 5) is 0. The second kappa shape index (κ2) is 8.13. The summed E-state index contributed by atoms with van der Waals surface area (Å²) in [5, 5.41) is 0. The first-order valence-electron chi connectivity index (χ1n) is 11.3. The topological polar surface area (TPSA) is 0 Å². The maximum atomic E-state index is 2.64. The van der Waals surface area contributed by atoms with Crippen LogP contribution in [0, 0.1) is 40.4 Å². The number of hydrogen-bond acceptors (Lipinski definition) is 0. The minimum Gasteiger partial charge on any atom is -0.0654 e. The van der Waals surface area contributed by atoms with Crippen molar-refractivity contribution in [1.82, 2.24) is 0 Å². The molecule has 1 spiro atoms.